The second-order valence-electron chi connectivity index (χ2n) is 27.6. The zero-order chi connectivity index (χ0) is 69.8. The van der Waals surface area contributed by atoms with E-state index in [1.807, 2.05) is 0 Å². The van der Waals surface area contributed by atoms with Crippen LogP contribution in [0.1, 0.15) is 401 Å². The normalized spacial score (nSPS) is 14.2. The molecular formula is C76H148O17P2. The number of rotatable bonds is 76. The molecule has 0 heterocycles. The highest BCUT2D eigenvalue weighted by Gasteiger charge is 2.30. The van der Waals surface area contributed by atoms with Crippen LogP contribution < -0.4 is 0 Å². The van der Waals surface area contributed by atoms with Crippen molar-refractivity contribution in [2.45, 2.75) is 419 Å². The number of phosphoric acid groups is 2. The van der Waals surface area contributed by atoms with Crippen LogP contribution in [0.2, 0.25) is 0 Å². The van der Waals surface area contributed by atoms with Crippen molar-refractivity contribution in [3.8, 4) is 0 Å². The number of carbonyl (C=O) groups excluding carboxylic acids is 4. The molecule has 0 aliphatic carbocycles. The summed E-state index contributed by atoms with van der Waals surface area (Å²) in [5.74, 6) is -1.30. The molecule has 0 fully saturated rings. The lowest BCUT2D eigenvalue weighted by atomic mass is 9.99. The number of aliphatic hydroxyl groups excluding tert-OH is 1. The summed E-state index contributed by atoms with van der Waals surface area (Å²) in [6.07, 6.45) is 58.0. The lowest BCUT2D eigenvalue weighted by Crippen LogP contribution is -2.30. The van der Waals surface area contributed by atoms with E-state index in [9.17, 15) is 43.2 Å². The Morgan fingerprint density at radius 3 is 0.747 bits per heavy atom. The van der Waals surface area contributed by atoms with Gasteiger partial charge in [0.25, 0.3) is 0 Å². The van der Waals surface area contributed by atoms with Gasteiger partial charge in [0.1, 0.15) is 19.3 Å². The Balaban J connectivity index is 5.25. The Labute approximate surface area is 581 Å². The molecule has 3 unspecified atom stereocenters. The van der Waals surface area contributed by atoms with Gasteiger partial charge >= 0.3 is 39.5 Å². The fourth-order valence-electron chi connectivity index (χ4n) is 11.7. The average molecular weight is 1400 g/mol. The Morgan fingerprint density at radius 1 is 0.295 bits per heavy atom. The Hall–Kier alpha value is -1.94. The molecular weight excluding hydrogens is 1250 g/mol. The molecule has 19 heteroatoms. The highest BCUT2D eigenvalue weighted by atomic mass is 31.2. The Bertz CT molecular complexity index is 1820. The van der Waals surface area contributed by atoms with Gasteiger partial charge in [-0.25, -0.2) is 9.13 Å². The number of hydrogen-bond acceptors (Lipinski definition) is 15. The summed E-state index contributed by atoms with van der Waals surface area (Å²) in [4.78, 5) is 72.8. The predicted molar refractivity (Wildman–Crippen MR) is 386 cm³/mol. The van der Waals surface area contributed by atoms with Gasteiger partial charge in [0.05, 0.1) is 26.4 Å². The molecule has 0 aliphatic heterocycles. The number of aliphatic hydroxyl groups is 1. The third-order valence-electron chi connectivity index (χ3n) is 18.1. The van der Waals surface area contributed by atoms with E-state index in [4.69, 9.17) is 37.0 Å². The largest absolute Gasteiger partial charge is 0.472 e. The fraction of sp³-hybridized carbons (Fsp3) is 0.947. The minimum atomic E-state index is -4.96. The van der Waals surface area contributed by atoms with Crippen molar-refractivity contribution in [1.82, 2.24) is 0 Å². The number of unbranched alkanes of at least 4 members (excludes halogenated alkanes) is 47. The summed E-state index contributed by atoms with van der Waals surface area (Å²) < 4.78 is 68.6. The highest BCUT2D eigenvalue weighted by molar-refractivity contribution is 7.47. The van der Waals surface area contributed by atoms with Gasteiger partial charge in [-0.2, -0.15) is 0 Å². The predicted octanol–water partition coefficient (Wildman–Crippen LogP) is 22.5. The molecule has 3 N–H and O–H groups in total. The maximum absolute atomic E-state index is 13.1. The van der Waals surface area contributed by atoms with E-state index in [1.54, 1.807) is 0 Å². The summed E-state index contributed by atoms with van der Waals surface area (Å²) in [5.41, 5.74) is 0. The molecule has 17 nitrogen and oxygen atoms in total. The van der Waals surface area contributed by atoms with Crippen LogP contribution in [0.15, 0.2) is 0 Å². The number of esters is 4. The summed E-state index contributed by atoms with van der Waals surface area (Å²) in [6.45, 7) is 7.33. The van der Waals surface area contributed by atoms with Crippen LogP contribution in [0.25, 0.3) is 0 Å². The second-order valence-corrected chi connectivity index (χ2v) is 30.5. The van der Waals surface area contributed by atoms with Gasteiger partial charge in [-0.3, -0.25) is 37.3 Å². The van der Waals surface area contributed by atoms with E-state index in [-0.39, 0.29) is 25.7 Å². The molecule has 0 saturated heterocycles. The SMILES string of the molecule is CCCCCCCCCCCCCCCCCCCC(=O)O[C@H](COC(=O)CCCCCCCCCCCCC(C)CC)COP(=O)(O)OC[C@@H](O)COP(=O)(O)OC[C@@H](COC(=O)CCCCCCCCCCCCCC)OC(=O)CCCCCCCCCCCCCC. The maximum Gasteiger partial charge on any atom is 0.472 e. The van der Waals surface area contributed by atoms with Crippen LogP contribution in [0.3, 0.4) is 0 Å². The zero-order valence-electron chi connectivity index (χ0n) is 61.8. The van der Waals surface area contributed by atoms with Gasteiger partial charge in [-0.15, -0.1) is 0 Å². The van der Waals surface area contributed by atoms with Crippen molar-refractivity contribution < 1.29 is 80.2 Å². The third kappa shape index (κ3) is 69.0. The highest BCUT2D eigenvalue weighted by Crippen LogP contribution is 2.45. The van der Waals surface area contributed by atoms with Crippen molar-refractivity contribution in [1.29, 1.82) is 0 Å². The molecule has 0 saturated carbocycles. The quantitative estimate of drug-likeness (QED) is 0.0222. The molecule has 0 radical (unpaired) electrons. The van der Waals surface area contributed by atoms with Crippen LogP contribution in [0, 0.1) is 5.92 Å². The first kappa shape index (κ1) is 93.1. The van der Waals surface area contributed by atoms with Crippen molar-refractivity contribution in [3.05, 3.63) is 0 Å². The van der Waals surface area contributed by atoms with E-state index in [0.717, 1.165) is 95.8 Å². The van der Waals surface area contributed by atoms with Gasteiger partial charge in [0.2, 0.25) is 0 Å². The molecule has 95 heavy (non-hydrogen) atoms. The lowest BCUT2D eigenvalue weighted by molar-refractivity contribution is -0.161. The zero-order valence-corrected chi connectivity index (χ0v) is 63.6. The number of hydrogen-bond donors (Lipinski definition) is 3. The summed E-state index contributed by atoms with van der Waals surface area (Å²) >= 11 is 0. The summed E-state index contributed by atoms with van der Waals surface area (Å²) in [7, 11) is -9.91. The summed E-state index contributed by atoms with van der Waals surface area (Å²) in [6, 6.07) is 0. The standard InChI is InChI=1S/C76H148O17P2/c1-6-10-13-16-19-22-25-28-29-30-31-32-35-42-47-52-57-62-76(81)93-72(66-87-74(79)60-55-50-45-40-37-36-38-43-48-53-58-69(5)9-4)68-91-95(84,85)89-64-70(77)63-88-94(82,83)90-67-71(92-75(80)61-56-51-46-41-34-27-24-21-18-15-12-8-3)65-86-73(78)59-54-49-44-39-33-26-23-20-17-14-11-7-2/h69-72,77H,6-68H2,1-5H3,(H,82,83)(H,84,85)/t69?,70-,71+,72+/m0/s1. The number of ether oxygens (including phenoxy) is 4. The van der Waals surface area contributed by atoms with Gasteiger partial charge in [0.15, 0.2) is 12.2 Å². The third-order valence-corrected chi connectivity index (χ3v) is 20.0. The van der Waals surface area contributed by atoms with E-state index in [0.29, 0.717) is 25.7 Å². The topological polar surface area (TPSA) is 237 Å². The van der Waals surface area contributed by atoms with E-state index < -0.39 is 97.5 Å². The van der Waals surface area contributed by atoms with Crippen LogP contribution in [-0.2, 0) is 65.4 Å². The lowest BCUT2D eigenvalue weighted by Gasteiger charge is -2.21. The van der Waals surface area contributed by atoms with Crippen molar-refractivity contribution in [3.63, 3.8) is 0 Å². The van der Waals surface area contributed by atoms with E-state index in [1.165, 1.54) is 225 Å². The number of phosphoric ester groups is 2. The molecule has 0 spiro atoms. The molecule has 0 aromatic carbocycles. The molecule has 564 valence electrons. The van der Waals surface area contributed by atoms with Gasteiger partial charge < -0.3 is 33.8 Å². The smallest absolute Gasteiger partial charge is 0.462 e. The first-order valence-corrected chi connectivity index (χ1v) is 42.7. The van der Waals surface area contributed by atoms with Crippen LogP contribution in [-0.4, -0.2) is 96.7 Å². The molecule has 0 aliphatic rings. The minimum Gasteiger partial charge on any atom is -0.462 e. The monoisotopic (exact) mass is 1400 g/mol. The van der Waals surface area contributed by atoms with Crippen LogP contribution in [0.4, 0.5) is 0 Å². The van der Waals surface area contributed by atoms with Crippen molar-refractivity contribution in [2.24, 2.45) is 5.92 Å². The van der Waals surface area contributed by atoms with E-state index in [2.05, 4.69) is 34.6 Å². The summed E-state index contributed by atoms with van der Waals surface area (Å²) in [5, 5.41) is 10.6. The average Bonchev–Trinajstić information content (AvgIpc) is 3.15. The van der Waals surface area contributed by atoms with Gasteiger partial charge in [-0.05, 0) is 31.6 Å². The van der Waals surface area contributed by atoms with Gasteiger partial charge in [-0.1, -0.05) is 349 Å². The molecule has 0 rings (SSSR count). The Morgan fingerprint density at radius 2 is 0.505 bits per heavy atom. The van der Waals surface area contributed by atoms with Crippen LogP contribution in [0.5, 0.6) is 0 Å². The minimum absolute atomic E-state index is 0.108. The molecule has 0 bridgehead atoms. The second kappa shape index (κ2) is 69.2. The maximum atomic E-state index is 13.1. The van der Waals surface area contributed by atoms with Crippen molar-refractivity contribution in [2.75, 3.05) is 39.6 Å². The van der Waals surface area contributed by atoms with Gasteiger partial charge in [0, 0.05) is 25.7 Å². The first-order valence-electron chi connectivity index (χ1n) is 39.7. The van der Waals surface area contributed by atoms with E-state index >= 15 is 0 Å². The molecule has 0 amide bonds. The first-order chi connectivity index (χ1) is 46.1. The van der Waals surface area contributed by atoms with Crippen molar-refractivity contribution >= 4 is 39.5 Å². The number of carbonyl (C=O) groups is 4. The Kier molecular flexibility index (Phi) is 67.7. The molecule has 0 aromatic rings. The molecule has 0 aromatic heterocycles. The molecule has 6 atom stereocenters. The van der Waals surface area contributed by atoms with Crippen LogP contribution >= 0.6 is 15.6 Å². The fourth-order valence-corrected chi connectivity index (χ4v) is 13.3.